The number of ether oxygens (including phenoxy) is 2. The van der Waals surface area contributed by atoms with Crippen molar-refractivity contribution in [3.8, 4) is 22.8 Å². The maximum atomic E-state index is 6.09. The van der Waals surface area contributed by atoms with Gasteiger partial charge < -0.3 is 9.47 Å². The van der Waals surface area contributed by atoms with Gasteiger partial charge in [0.2, 0.25) is 5.13 Å². The molecule has 0 saturated heterocycles. The number of halogens is 2. The third-order valence-electron chi connectivity index (χ3n) is 4.86. The molecular formula is C26H23Cl2N3O2S. The molecule has 0 unspecified atom stereocenters. The normalized spacial score (nSPS) is 11.1. The van der Waals surface area contributed by atoms with Crippen LogP contribution in [0.3, 0.4) is 0 Å². The predicted octanol–water partition coefficient (Wildman–Crippen LogP) is 7.85. The summed E-state index contributed by atoms with van der Waals surface area (Å²) in [7, 11) is 0. The van der Waals surface area contributed by atoms with E-state index in [2.05, 4.69) is 34.6 Å². The number of aromatic nitrogens is 1. The van der Waals surface area contributed by atoms with Crippen LogP contribution in [0.2, 0.25) is 10.0 Å². The zero-order valence-electron chi connectivity index (χ0n) is 18.7. The molecule has 0 saturated carbocycles. The molecule has 5 nitrogen and oxygen atoms in total. The predicted molar refractivity (Wildman–Crippen MR) is 142 cm³/mol. The zero-order chi connectivity index (χ0) is 23.9. The highest BCUT2D eigenvalue weighted by molar-refractivity contribution is 7.16. The van der Waals surface area contributed by atoms with Crippen LogP contribution in [0, 0.1) is 6.92 Å². The van der Waals surface area contributed by atoms with Crippen molar-refractivity contribution in [2.24, 2.45) is 5.10 Å². The Balaban J connectivity index is 1.43. The monoisotopic (exact) mass is 511 g/mol. The van der Waals surface area contributed by atoms with Crippen LogP contribution in [0.1, 0.15) is 22.9 Å². The fourth-order valence-electron chi connectivity index (χ4n) is 3.25. The van der Waals surface area contributed by atoms with Gasteiger partial charge in [-0.1, -0.05) is 59.6 Å². The number of nitrogens with one attached hydrogen (secondary N) is 1. The minimum Gasteiger partial charge on any atom is -0.490 e. The number of hydrogen-bond acceptors (Lipinski definition) is 6. The largest absolute Gasteiger partial charge is 0.490 e. The lowest BCUT2D eigenvalue weighted by Crippen LogP contribution is -2.01. The quantitative estimate of drug-likeness (QED) is 0.183. The lowest BCUT2D eigenvalue weighted by atomic mass is 10.1. The van der Waals surface area contributed by atoms with Crippen molar-refractivity contribution in [3.63, 3.8) is 0 Å². The molecule has 0 aliphatic rings. The molecule has 0 fully saturated rings. The van der Waals surface area contributed by atoms with Gasteiger partial charge in [0.05, 0.1) is 28.6 Å². The van der Waals surface area contributed by atoms with Gasteiger partial charge in [-0.05, 0) is 55.3 Å². The van der Waals surface area contributed by atoms with Crippen molar-refractivity contribution in [1.82, 2.24) is 4.98 Å². The third kappa shape index (κ3) is 6.08. The molecule has 4 aromatic rings. The number of anilines is 1. The Hall–Kier alpha value is -3.06. The summed E-state index contributed by atoms with van der Waals surface area (Å²) in [6, 6.07) is 21.2. The first kappa shape index (κ1) is 24.1. The van der Waals surface area contributed by atoms with E-state index in [9.17, 15) is 0 Å². The summed E-state index contributed by atoms with van der Waals surface area (Å²) in [4.78, 5) is 5.80. The van der Waals surface area contributed by atoms with Crippen LogP contribution in [0.15, 0.2) is 71.8 Å². The molecule has 8 heteroatoms. The lowest BCUT2D eigenvalue weighted by Gasteiger charge is -2.13. The van der Waals surface area contributed by atoms with E-state index in [1.165, 1.54) is 0 Å². The summed E-state index contributed by atoms with van der Waals surface area (Å²) in [6.45, 7) is 4.85. The Morgan fingerprint density at radius 1 is 0.971 bits per heavy atom. The van der Waals surface area contributed by atoms with Crippen LogP contribution in [-0.4, -0.2) is 17.8 Å². The smallest absolute Gasteiger partial charge is 0.204 e. The molecule has 1 heterocycles. The molecular weight excluding hydrogens is 489 g/mol. The Bertz CT molecular complexity index is 1290. The average Bonchev–Trinajstić information content (AvgIpc) is 3.21. The molecule has 34 heavy (non-hydrogen) atoms. The van der Waals surface area contributed by atoms with Gasteiger partial charge in [-0.3, -0.25) is 5.43 Å². The second-order valence-corrected chi connectivity index (χ2v) is 9.35. The van der Waals surface area contributed by atoms with E-state index in [0.717, 1.165) is 32.4 Å². The Morgan fingerprint density at radius 2 is 1.79 bits per heavy atom. The van der Waals surface area contributed by atoms with Crippen molar-refractivity contribution in [2.75, 3.05) is 12.0 Å². The molecule has 0 bridgehead atoms. The number of hydrogen-bond donors (Lipinski definition) is 1. The van der Waals surface area contributed by atoms with Crippen LogP contribution in [-0.2, 0) is 6.61 Å². The fraction of sp³-hybridized carbons (Fsp3) is 0.154. The van der Waals surface area contributed by atoms with Gasteiger partial charge >= 0.3 is 0 Å². The SMILES string of the molecule is CCOc1cc(C=NNc2nc(-c3ccccc3)c(C)s2)ccc1OCc1ccc(Cl)c(Cl)c1. The van der Waals surface area contributed by atoms with E-state index in [-0.39, 0.29) is 0 Å². The second-order valence-electron chi connectivity index (χ2n) is 7.34. The molecule has 1 aromatic heterocycles. The molecule has 0 atom stereocenters. The van der Waals surface area contributed by atoms with Crippen LogP contribution in [0.25, 0.3) is 11.3 Å². The van der Waals surface area contributed by atoms with Gasteiger partial charge in [-0.25, -0.2) is 4.98 Å². The molecule has 0 aliphatic heterocycles. The number of thiazole rings is 1. The summed E-state index contributed by atoms with van der Waals surface area (Å²) in [5.41, 5.74) is 6.87. The van der Waals surface area contributed by atoms with Gasteiger partial charge in [-0.15, -0.1) is 11.3 Å². The average molecular weight is 512 g/mol. The van der Waals surface area contributed by atoms with Gasteiger partial charge in [-0.2, -0.15) is 5.10 Å². The Morgan fingerprint density at radius 3 is 2.56 bits per heavy atom. The number of aryl methyl sites for hydroxylation is 1. The van der Waals surface area contributed by atoms with Crippen LogP contribution >= 0.6 is 34.5 Å². The first-order valence-electron chi connectivity index (χ1n) is 10.7. The molecule has 0 spiro atoms. The van der Waals surface area contributed by atoms with Crippen LogP contribution < -0.4 is 14.9 Å². The minimum absolute atomic E-state index is 0.346. The summed E-state index contributed by atoms with van der Waals surface area (Å²) >= 11 is 13.6. The van der Waals surface area contributed by atoms with Crippen molar-refractivity contribution in [3.05, 3.63) is 92.8 Å². The highest BCUT2D eigenvalue weighted by atomic mass is 35.5. The number of rotatable bonds is 9. The highest BCUT2D eigenvalue weighted by Crippen LogP contribution is 2.31. The number of benzene rings is 3. The first-order valence-corrected chi connectivity index (χ1v) is 12.3. The van der Waals surface area contributed by atoms with Gasteiger partial charge in [0.15, 0.2) is 11.5 Å². The molecule has 1 N–H and O–H groups in total. The number of hydrazone groups is 1. The van der Waals surface area contributed by atoms with E-state index in [1.807, 2.05) is 49.4 Å². The number of nitrogens with zero attached hydrogens (tertiary/aromatic N) is 2. The Labute approximate surface area is 213 Å². The van der Waals surface area contributed by atoms with Crippen molar-refractivity contribution >= 4 is 45.9 Å². The molecule has 0 aliphatic carbocycles. The van der Waals surface area contributed by atoms with Gasteiger partial charge in [0.1, 0.15) is 6.61 Å². The fourth-order valence-corrected chi connectivity index (χ4v) is 4.36. The second kappa shape index (κ2) is 11.4. The van der Waals surface area contributed by atoms with E-state index >= 15 is 0 Å². The summed E-state index contributed by atoms with van der Waals surface area (Å²) in [5, 5.41) is 6.10. The maximum absolute atomic E-state index is 6.09. The highest BCUT2D eigenvalue weighted by Gasteiger charge is 2.10. The topological polar surface area (TPSA) is 55.7 Å². The van der Waals surface area contributed by atoms with Gasteiger partial charge in [0, 0.05) is 10.4 Å². The van der Waals surface area contributed by atoms with Crippen LogP contribution in [0.5, 0.6) is 11.5 Å². The third-order valence-corrected chi connectivity index (χ3v) is 6.48. The maximum Gasteiger partial charge on any atom is 0.204 e. The van der Waals surface area contributed by atoms with E-state index in [0.29, 0.717) is 34.8 Å². The van der Waals surface area contributed by atoms with Crippen LogP contribution in [0.4, 0.5) is 5.13 Å². The zero-order valence-corrected chi connectivity index (χ0v) is 21.0. The van der Waals surface area contributed by atoms with E-state index in [1.54, 1.807) is 29.7 Å². The molecule has 0 amide bonds. The van der Waals surface area contributed by atoms with Crippen molar-refractivity contribution < 1.29 is 9.47 Å². The standard InChI is InChI=1S/C26H23Cl2N3O2S/c1-3-32-24-14-18(10-12-23(24)33-16-19-9-11-21(27)22(28)13-19)15-29-31-26-30-25(17(2)34-26)20-7-5-4-6-8-20/h4-15H,3,16H2,1-2H3,(H,30,31). The summed E-state index contributed by atoms with van der Waals surface area (Å²) < 4.78 is 11.7. The summed E-state index contributed by atoms with van der Waals surface area (Å²) in [6.07, 6.45) is 1.73. The molecule has 3 aromatic carbocycles. The lowest BCUT2D eigenvalue weighted by molar-refractivity contribution is 0.269. The van der Waals surface area contributed by atoms with Crippen molar-refractivity contribution in [2.45, 2.75) is 20.5 Å². The Kier molecular flexibility index (Phi) is 8.06. The molecule has 4 rings (SSSR count). The van der Waals surface area contributed by atoms with Crippen molar-refractivity contribution in [1.29, 1.82) is 0 Å². The molecule has 0 radical (unpaired) electrons. The first-order chi connectivity index (χ1) is 16.5. The summed E-state index contributed by atoms with van der Waals surface area (Å²) in [5.74, 6) is 1.28. The molecule has 174 valence electrons. The van der Waals surface area contributed by atoms with E-state index in [4.69, 9.17) is 32.7 Å². The van der Waals surface area contributed by atoms with Gasteiger partial charge in [0.25, 0.3) is 0 Å². The minimum atomic E-state index is 0.346. The van der Waals surface area contributed by atoms with E-state index < -0.39 is 0 Å².